The number of carbonyl (C=O) groups excluding carboxylic acids is 2. The van der Waals surface area contributed by atoms with Crippen molar-refractivity contribution in [3.63, 3.8) is 0 Å². The minimum Gasteiger partial charge on any atom is -0.350 e. The molecule has 2 aromatic rings. The maximum Gasteiger partial charge on any atom is 0.243 e. The Hall–Kier alpha value is -2.69. The van der Waals surface area contributed by atoms with Crippen molar-refractivity contribution in [1.29, 1.82) is 0 Å². The number of hydrogen-bond donors (Lipinski definition) is 1. The quantitative estimate of drug-likeness (QED) is 0.716. The molecule has 1 N–H and O–H groups in total. The molecule has 2 rings (SSSR count). The molecule has 0 aliphatic carbocycles. The Morgan fingerprint density at radius 3 is 2.27 bits per heavy atom. The average molecular weight is 413 g/mol. The summed E-state index contributed by atoms with van der Waals surface area (Å²) in [6.07, 6.45) is 0.704. The summed E-state index contributed by atoms with van der Waals surface area (Å²) in [7, 11) is 0. The van der Waals surface area contributed by atoms with Crippen LogP contribution in [0.25, 0.3) is 0 Å². The summed E-state index contributed by atoms with van der Waals surface area (Å²) in [5.74, 6) is -0.630. The molecule has 5 heteroatoms. The minimum absolute atomic E-state index is 0.121. The first-order valence-corrected chi connectivity index (χ1v) is 10.4. The highest BCUT2D eigenvalue weighted by Crippen LogP contribution is 2.18. The fourth-order valence-electron chi connectivity index (χ4n) is 3.41. The van der Waals surface area contributed by atoms with Crippen molar-refractivity contribution in [1.82, 2.24) is 10.2 Å². The number of benzene rings is 2. The highest BCUT2D eigenvalue weighted by atomic mass is 19.1. The van der Waals surface area contributed by atoms with E-state index < -0.39 is 11.6 Å². The molecule has 0 aliphatic heterocycles. The molecule has 1 atom stereocenters. The standard InChI is InChI=1S/C25H33FN2O2/c1-7-22(24(30)27-25(4,5)6)28(16-19-10-12-21(26)13-11-19)23(29)15-20-14-17(2)8-9-18(20)3/h8-14,22H,7,15-16H2,1-6H3,(H,27,30)/t22-/m0/s1. The molecule has 2 amide bonds. The Balaban J connectivity index is 2.35. The van der Waals surface area contributed by atoms with Gasteiger partial charge in [0.2, 0.25) is 11.8 Å². The van der Waals surface area contributed by atoms with E-state index >= 15 is 0 Å². The normalized spacial score (nSPS) is 12.4. The Labute approximate surface area is 179 Å². The zero-order chi connectivity index (χ0) is 22.5. The number of aryl methyl sites for hydroxylation is 2. The lowest BCUT2D eigenvalue weighted by Gasteiger charge is -2.33. The summed E-state index contributed by atoms with van der Waals surface area (Å²) in [5.41, 5.74) is 3.47. The molecule has 162 valence electrons. The number of rotatable bonds is 7. The molecular formula is C25H33FN2O2. The van der Waals surface area contributed by atoms with Gasteiger partial charge < -0.3 is 10.2 Å². The third kappa shape index (κ3) is 6.68. The molecule has 0 saturated carbocycles. The molecule has 0 radical (unpaired) electrons. The van der Waals surface area contributed by atoms with Crippen molar-refractivity contribution in [3.05, 3.63) is 70.5 Å². The predicted octanol–water partition coefficient (Wildman–Crippen LogP) is 4.71. The second kappa shape index (κ2) is 9.88. The summed E-state index contributed by atoms with van der Waals surface area (Å²) in [6.45, 7) is 11.9. The number of nitrogens with zero attached hydrogens (tertiary/aromatic N) is 1. The second-order valence-corrected chi connectivity index (χ2v) is 8.92. The van der Waals surface area contributed by atoms with E-state index in [2.05, 4.69) is 5.32 Å². The molecule has 2 aromatic carbocycles. The SMILES string of the molecule is CC[C@@H](C(=O)NC(C)(C)C)N(Cc1ccc(F)cc1)C(=O)Cc1cc(C)ccc1C. The Morgan fingerprint density at radius 1 is 1.07 bits per heavy atom. The maximum atomic E-state index is 13.4. The average Bonchev–Trinajstić information content (AvgIpc) is 2.64. The van der Waals surface area contributed by atoms with Gasteiger partial charge in [-0.1, -0.05) is 42.8 Å². The van der Waals surface area contributed by atoms with Crippen LogP contribution in [0.3, 0.4) is 0 Å². The lowest BCUT2D eigenvalue weighted by molar-refractivity contribution is -0.141. The van der Waals surface area contributed by atoms with E-state index in [9.17, 15) is 14.0 Å². The van der Waals surface area contributed by atoms with Crippen LogP contribution in [-0.2, 0) is 22.6 Å². The molecule has 4 nitrogen and oxygen atoms in total. The Bertz CT molecular complexity index is 885. The van der Waals surface area contributed by atoms with Crippen LogP contribution in [0, 0.1) is 19.7 Å². The third-order valence-corrected chi connectivity index (χ3v) is 5.00. The number of nitrogens with one attached hydrogen (secondary N) is 1. The minimum atomic E-state index is -0.605. The molecule has 0 bridgehead atoms. The van der Waals surface area contributed by atoms with E-state index in [1.807, 2.05) is 59.7 Å². The van der Waals surface area contributed by atoms with Gasteiger partial charge in [0.05, 0.1) is 6.42 Å². The number of amides is 2. The van der Waals surface area contributed by atoms with Gasteiger partial charge in [-0.05, 0) is 69.9 Å². The molecule has 30 heavy (non-hydrogen) atoms. The Morgan fingerprint density at radius 2 is 1.70 bits per heavy atom. The van der Waals surface area contributed by atoms with Crippen LogP contribution < -0.4 is 5.32 Å². The smallest absolute Gasteiger partial charge is 0.243 e. The molecular weight excluding hydrogens is 379 g/mol. The van der Waals surface area contributed by atoms with Crippen LogP contribution in [0.1, 0.15) is 56.4 Å². The van der Waals surface area contributed by atoms with Gasteiger partial charge in [-0.3, -0.25) is 9.59 Å². The van der Waals surface area contributed by atoms with Gasteiger partial charge >= 0.3 is 0 Å². The molecule has 0 aliphatic rings. The number of halogens is 1. The molecule has 0 fully saturated rings. The van der Waals surface area contributed by atoms with Crippen molar-refractivity contribution in [2.75, 3.05) is 0 Å². The van der Waals surface area contributed by atoms with Crippen molar-refractivity contribution < 1.29 is 14.0 Å². The van der Waals surface area contributed by atoms with Gasteiger partial charge in [0.15, 0.2) is 0 Å². The fraction of sp³-hybridized carbons (Fsp3) is 0.440. The van der Waals surface area contributed by atoms with Crippen LogP contribution in [0.4, 0.5) is 4.39 Å². The Kier molecular flexibility index (Phi) is 7.77. The number of hydrogen-bond acceptors (Lipinski definition) is 2. The molecule has 0 heterocycles. The van der Waals surface area contributed by atoms with Gasteiger partial charge in [0.1, 0.15) is 11.9 Å². The monoisotopic (exact) mass is 412 g/mol. The van der Waals surface area contributed by atoms with Crippen LogP contribution in [-0.4, -0.2) is 28.3 Å². The summed E-state index contributed by atoms with van der Waals surface area (Å²) < 4.78 is 13.3. The number of carbonyl (C=O) groups is 2. The first kappa shape index (κ1) is 23.6. The summed E-state index contributed by atoms with van der Waals surface area (Å²) >= 11 is 0. The molecule has 0 aromatic heterocycles. The lowest BCUT2D eigenvalue weighted by Crippen LogP contribution is -2.53. The topological polar surface area (TPSA) is 49.4 Å². The fourth-order valence-corrected chi connectivity index (χ4v) is 3.41. The van der Waals surface area contributed by atoms with E-state index in [0.717, 1.165) is 22.3 Å². The highest BCUT2D eigenvalue weighted by molar-refractivity contribution is 5.89. The maximum absolute atomic E-state index is 13.4. The molecule has 0 spiro atoms. The van der Waals surface area contributed by atoms with Crippen molar-refractivity contribution in [2.45, 2.75) is 72.5 Å². The largest absolute Gasteiger partial charge is 0.350 e. The first-order valence-electron chi connectivity index (χ1n) is 10.4. The first-order chi connectivity index (χ1) is 14.0. The van der Waals surface area contributed by atoms with Crippen LogP contribution in [0.2, 0.25) is 0 Å². The van der Waals surface area contributed by atoms with Crippen molar-refractivity contribution >= 4 is 11.8 Å². The third-order valence-electron chi connectivity index (χ3n) is 5.00. The van der Waals surface area contributed by atoms with E-state index in [-0.39, 0.29) is 30.6 Å². The zero-order valence-corrected chi connectivity index (χ0v) is 18.9. The van der Waals surface area contributed by atoms with Crippen molar-refractivity contribution in [2.24, 2.45) is 0 Å². The molecule has 0 saturated heterocycles. The van der Waals surface area contributed by atoms with E-state index in [1.165, 1.54) is 12.1 Å². The molecule has 0 unspecified atom stereocenters. The van der Waals surface area contributed by atoms with Gasteiger partial charge in [-0.2, -0.15) is 0 Å². The van der Waals surface area contributed by atoms with Crippen LogP contribution >= 0.6 is 0 Å². The predicted molar refractivity (Wildman–Crippen MR) is 119 cm³/mol. The summed E-state index contributed by atoms with van der Waals surface area (Å²) in [6, 6.07) is 11.5. The van der Waals surface area contributed by atoms with E-state index in [4.69, 9.17) is 0 Å². The summed E-state index contributed by atoms with van der Waals surface area (Å²) in [4.78, 5) is 28.0. The van der Waals surface area contributed by atoms with Gasteiger partial charge in [-0.25, -0.2) is 4.39 Å². The zero-order valence-electron chi connectivity index (χ0n) is 18.9. The highest BCUT2D eigenvalue weighted by Gasteiger charge is 2.30. The van der Waals surface area contributed by atoms with Crippen LogP contribution in [0.5, 0.6) is 0 Å². The van der Waals surface area contributed by atoms with E-state index in [0.29, 0.717) is 6.42 Å². The van der Waals surface area contributed by atoms with Gasteiger partial charge in [-0.15, -0.1) is 0 Å². The van der Waals surface area contributed by atoms with Gasteiger partial charge in [0, 0.05) is 12.1 Å². The second-order valence-electron chi connectivity index (χ2n) is 8.92. The van der Waals surface area contributed by atoms with Crippen molar-refractivity contribution in [3.8, 4) is 0 Å². The lowest BCUT2D eigenvalue weighted by atomic mass is 10.0. The summed E-state index contributed by atoms with van der Waals surface area (Å²) in [5, 5.41) is 2.99. The van der Waals surface area contributed by atoms with Crippen LogP contribution in [0.15, 0.2) is 42.5 Å². The van der Waals surface area contributed by atoms with E-state index in [1.54, 1.807) is 17.0 Å². The van der Waals surface area contributed by atoms with Gasteiger partial charge in [0.25, 0.3) is 0 Å².